The van der Waals surface area contributed by atoms with Gasteiger partial charge in [0.1, 0.15) is 9.71 Å². The lowest BCUT2D eigenvalue weighted by Gasteiger charge is -2.07. The van der Waals surface area contributed by atoms with Crippen LogP contribution in [0.2, 0.25) is 0 Å². The van der Waals surface area contributed by atoms with Crippen molar-refractivity contribution in [1.29, 1.82) is 0 Å². The minimum Gasteiger partial charge on any atom is -0.462 e. The van der Waals surface area contributed by atoms with Gasteiger partial charge >= 0.3 is 5.97 Å². The summed E-state index contributed by atoms with van der Waals surface area (Å²) in [7, 11) is 0. The van der Waals surface area contributed by atoms with Crippen molar-refractivity contribution in [3.8, 4) is 11.3 Å². The fourth-order valence-electron chi connectivity index (χ4n) is 2.99. The van der Waals surface area contributed by atoms with Gasteiger partial charge in [0.25, 0.3) is 0 Å². The smallest absolute Gasteiger partial charge is 0.350 e. The number of thioether (sulfide) groups is 1. The van der Waals surface area contributed by atoms with Crippen LogP contribution in [0, 0.1) is 0 Å². The van der Waals surface area contributed by atoms with Crippen LogP contribution < -0.4 is 5.73 Å². The van der Waals surface area contributed by atoms with E-state index in [0.717, 1.165) is 22.0 Å². The lowest BCUT2D eigenvalue weighted by molar-refractivity contribution is 0.0533. The number of hydrogen-bond donors (Lipinski definition) is 1. The Morgan fingerprint density at radius 2 is 1.96 bits per heavy atom. The van der Waals surface area contributed by atoms with Crippen LogP contribution in [-0.4, -0.2) is 28.8 Å². The monoisotopic (exact) mass is 395 g/mol. The average Bonchev–Trinajstić information content (AvgIpc) is 3.03. The topological polar surface area (TPSA) is 78.1 Å². The Balaban J connectivity index is 1.98. The molecule has 2 heterocycles. The van der Waals surface area contributed by atoms with Crippen molar-refractivity contribution >= 4 is 55.7 Å². The molecular formula is C20H17N3O2S2. The molecule has 4 rings (SSSR count). The first-order chi connectivity index (χ1) is 13.1. The van der Waals surface area contributed by atoms with E-state index < -0.39 is 5.97 Å². The van der Waals surface area contributed by atoms with Crippen LogP contribution in [0.25, 0.3) is 32.2 Å². The largest absolute Gasteiger partial charge is 0.462 e. The number of anilines is 1. The zero-order valence-electron chi connectivity index (χ0n) is 14.9. The van der Waals surface area contributed by atoms with Crippen molar-refractivity contribution in [3.63, 3.8) is 0 Å². The van der Waals surface area contributed by atoms with Crippen LogP contribution >= 0.6 is 23.1 Å². The van der Waals surface area contributed by atoms with Crippen molar-refractivity contribution in [2.75, 3.05) is 18.6 Å². The number of benzene rings is 2. The van der Waals surface area contributed by atoms with Crippen molar-refractivity contribution < 1.29 is 9.53 Å². The van der Waals surface area contributed by atoms with Crippen LogP contribution in [0.15, 0.2) is 47.6 Å². The van der Waals surface area contributed by atoms with Crippen LogP contribution in [-0.2, 0) is 4.74 Å². The summed E-state index contributed by atoms with van der Waals surface area (Å²) >= 11 is 2.71. The number of nitrogens with zero attached hydrogens (tertiary/aromatic N) is 2. The van der Waals surface area contributed by atoms with E-state index in [1.54, 1.807) is 6.92 Å². The zero-order chi connectivity index (χ0) is 19.0. The van der Waals surface area contributed by atoms with Crippen LogP contribution in [0.1, 0.15) is 16.6 Å². The molecule has 0 bridgehead atoms. The van der Waals surface area contributed by atoms with Gasteiger partial charge in [0, 0.05) is 5.56 Å². The Morgan fingerprint density at radius 3 is 2.70 bits per heavy atom. The summed E-state index contributed by atoms with van der Waals surface area (Å²) in [6.07, 6.45) is 1.93. The van der Waals surface area contributed by atoms with E-state index in [-0.39, 0.29) is 0 Å². The van der Waals surface area contributed by atoms with Crippen LogP contribution in [0.3, 0.4) is 0 Å². The van der Waals surface area contributed by atoms with E-state index in [1.807, 2.05) is 24.5 Å². The summed E-state index contributed by atoms with van der Waals surface area (Å²) in [5.74, 6) is -0.423. The maximum atomic E-state index is 12.3. The molecule has 0 radical (unpaired) electrons. The van der Waals surface area contributed by atoms with Gasteiger partial charge in [-0.25, -0.2) is 14.8 Å². The lowest BCUT2D eigenvalue weighted by Crippen LogP contribution is -2.05. The average molecular weight is 396 g/mol. The normalized spacial score (nSPS) is 11.2. The number of hydrogen-bond acceptors (Lipinski definition) is 7. The summed E-state index contributed by atoms with van der Waals surface area (Å²) in [4.78, 5) is 22.6. The third kappa shape index (κ3) is 3.13. The third-order valence-corrected chi connectivity index (χ3v) is 5.86. The first-order valence-corrected chi connectivity index (χ1v) is 10.5. The van der Waals surface area contributed by atoms with Crippen LogP contribution in [0.5, 0.6) is 0 Å². The molecule has 2 aromatic carbocycles. The maximum Gasteiger partial charge on any atom is 0.350 e. The molecule has 0 fully saturated rings. The van der Waals surface area contributed by atoms with E-state index in [2.05, 4.69) is 29.2 Å². The molecule has 0 saturated carbocycles. The number of esters is 1. The molecule has 2 aromatic heterocycles. The van der Waals surface area contributed by atoms with Crippen molar-refractivity contribution in [3.05, 3.63) is 47.3 Å². The summed E-state index contributed by atoms with van der Waals surface area (Å²) in [6, 6.07) is 14.3. The molecular weight excluding hydrogens is 378 g/mol. The first-order valence-electron chi connectivity index (χ1n) is 8.42. The minimum absolute atomic E-state index is 0.297. The van der Waals surface area contributed by atoms with E-state index >= 15 is 0 Å². The summed E-state index contributed by atoms with van der Waals surface area (Å²) in [5, 5.41) is 3.62. The quantitative estimate of drug-likeness (QED) is 0.298. The number of thiophene rings is 1. The maximum absolute atomic E-state index is 12.3. The van der Waals surface area contributed by atoms with Gasteiger partial charge in [0.2, 0.25) is 0 Å². The fraction of sp³-hybridized carbons (Fsp3) is 0.150. The lowest BCUT2D eigenvalue weighted by atomic mass is 10.0. The van der Waals surface area contributed by atoms with E-state index in [1.165, 1.54) is 23.1 Å². The second-order valence-electron chi connectivity index (χ2n) is 5.87. The molecule has 0 aliphatic carbocycles. The molecule has 0 spiro atoms. The molecule has 0 aliphatic rings. The second-order valence-corrected chi connectivity index (χ2v) is 7.64. The Bertz CT molecular complexity index is 1170. The molecule has 0 unspecified atom stereocenters. The fourth-order valence-corrected chi connectivity index (χ4v) is 4.40. The molecule has 7 heteroatoms. The SMILES string of the molecule is CCOC(=O)c1sc2nc(SC)nc(-c3ccc4ccccc4c3)c2c1N. The molecule has 0 saturated heterocycles. The van der Waals surface area contributed by atoms with Crippen LogP contribution in [0.4, 0.5) is 5.69 Å². The Kier molecular flexibility index (Phi) is 4.72. The predicted molar refractivity (Wildman–Crippen MR) is 113 cm³/mol. The van der Waals surface area contributed by atoms with Gasteiger partial charge in [-0.2, -0.15) is 0 Å². The second kappa shape index (κ2) is 7.17. The van der Waals surface area contributed by atoms with E-state index in [4.69, 9.17) is 15.5 Å². The molecule has 0 aliphatic heterocycles. The number of rotatable bonds is 4. The molecule has 2 N–H and O–H groups in total. The summed E-state index contributed by atoms with van der Waals surface area (Å²) in [6.45, 7) is 2.07. The number of ether oxygens (including phenoxy) is 1. The molecule has 0 amide bonds. The van der Waals surface area contributed by atoms with E-state index in [9.17, 15) is 4.79 Å². The zero-order valence-corrected chi connectivity index (χ0v) is 16.5. The first kappa shape index (κ1) is 17.8. The highest BCUT2D eigenvalue weighted by Gasteiger charge is 2.23. The molecule has 5 nitrogen and oxygen atoms in total. The Hall–Kier alpha value is -2.64. The molecule has 27 heavy (non-hydrogen) atoms. The minimum atomic E-state index is -0.423. The predicted octanol–water partition coefficient (Wildman–Crippen LogP) is 4.99. The van der Waals surface area contributed by atoms with Gasteiger partial charge in [-0.05, 0) is 30.0 Å². The third-order valence-electron chi connectivity index (χ3n) is 4.23. The van der Waals surface area contributed by atoms with Gasteiger partial charge in [0.05, 0.1) is 23.4 Å². The number of carbonyl (C=O) groups excluding carboxylic acids is 1. The van der Waals surface area contributed by atoms with Gasteiger partial charge in [-0.3, -0.25) is 0 Å². The van der Waals surface area contributed by atoms with Crippen molar-refractivity contribution in [2.24, 2.45) is 0 Å². The number of carbonyl (C=O) groups is 1. The Morgan fingerprint density at radius 1 is 1.19 bits per heavy atom. The highest BCUT2D eigenvalue weighted by Crippen LogP contribution is 2.40. The summed E-state index contributed by atoms with van der Waals surface area (Å²) < 4.78 is 5.14. The number of aromatic nitrogens is 2. The molecule has 136 valence electrons. The number of fused-ring (bicyclic) bond motifs is 2. The van der Waals surface area contributed by atoms with Gasteiger partial charge in [-0.1, -0.05) is 48.2 Å². The highest BCUT2D eigenvalue weighted by atomic mass is 32.2. The molecule has 4 aromatic rings. The Labute approximate surface area is 164 Å². The molecule has 0 atom stereocenters. The standard InChI is InChI=1S/C20H17N3O2S2/c1-3-25-19(24)17-15(21)14-16(22-20(26-2)23-18(14)27-17)13-9-8-11-6-4-5-7-12(11)10-13/h4-10H,3,21H2,1-2H3. The number of nitrogen functional groups attached to an aromatic ring is 1. The number of nitrogens with two attached hydrogens (primary N) is 1. The van der Waals surface area contributed by atoms with Gasteiger partial charge in [-0.15, -0.1) is 11.3 Å². The summed E-state index contributed by atoms with van der Waals surface area (Å²) in [5.41, 5.74) is 8.39. The van der Waals surface area contributed by atoms with Gasteiger partial charge < -0.3 is 10.5 Å². The van der Waals surface area contributed by atoms with Crippen molar-refractivity contribution in [2.45, 2.75) is 12.1 Å². The van der Waals surface area contributed by atoms with E-state index in [0.29, 0.717) is 32.5 Å². The highest BCUT2D eigenvalue weighted by molar-refractivity contribution is 7.98. The van der Waals surface area contributed by atoms with Crippen molar-refractivity contribution in [1.82, 2.24) is 9.97 Å². The van der Waals surface area contributed by atoms with Gasteiger partial charge in [0.15, 0.2) is 5.16 Å².